The maximum Gasteiger partial charge on any atom is 0.473 e. The van der Waals surface area contributed by atoms with Crippen LogP contribution in [0.5, 0.6) is 0 Å². The molecule has 0 radical (unpaired) electrons. The first kappa shape index (κ1) is 60.7. The summed E-state index contributed by atoms with van der Waals surface area (Å²) in [4.78, 5) is 28.5. The molecule has 7 fully saturated rings. The van der Waals surface area contributed by atoms with Crippen molar-refractivity contribution in [1.82, 2.24) is 0 Å². The highest BCUT2D eigenvalue weighted by atomic mass is 31.2. The van der Waals surface area contributed by atoms with E-state index in [1.807, 2.05) is 0 Å². The summed E-state index contributed by atoms with van der Waals surface area (Å²) in [6, 6.07) is -1.74. The Morgan fingerprint density at radius 3 is 1.38 bits per heavy atom. The van der Waals surface area contributed by atoms with Gasteiger partial charge < -0.3 is 155 Å². The first-order valence-corrected chi connectivity index (χ1v) is 25.7. The summed E-state index contributed by atoms with van der Waals surface area (Å²) < 4.78 is 94.6. The number of hydrogen-bond acceptors (Lipinski definition) is 33. The summed E-state index contributed by atoms with van der Waals surface area (Å²) in [6.45, 7) is -5.17. The Morgan fingerprint density at radius 2 is 0.811 bits per heavy atom. The molecule has 32 atom stereocenters. The molecule has 7 rings (SSSR count). The summed E-state index contributed by atoms with van der Waals surface area (Å²) in [5.74, 6) is 0. The molecule has 0 aromatic carbocycles. The molecular weight excluding hydrogens is 1070 g/mol. The maximum atomic E-state index is 12.2. The van der Waals surface area contributed by atoms with Crippen LogP contribution in [0.25, 0.3) is 0 Å². The van der Waals surface area contributed by atoms with Crippen molar-refractivity contribution in [3.8, 4) is 0 Å². The minimum atomic E-state index is -5.30. The second kappa shape index (κ2) is 24.4. The van der Waals surface area contributed by atoms with Gasteiger partial charge in [-0.2, -0.15) is 0 Å². The molecule has 38 heteroatoms. The van der Waals surface area contributed by atoms with E-state index in [0.29, 0.717) is 0 Å². The zero-order valence-electron chi connectivity index (χ0n) is 38.0. The third kappa shape index (κ3) is 12.7. The van der Waals surface area contributed by atoms with Gasteiger partial charge in [0.1, 0.15) is 153 Å². The largest absolute Gasteiger partial charge is 0.473 e. The Kier molecular flexibility index (Phi) is 20.1. The lowest BCUT2D eigenvalue weighted by molar-refractivity contribution is -0.396. The number of fused-ring (bicyclic) bond motifs is 1. The molecule has 0 spiro atoms. The van der Waals surface area contributed by atoms with Crippen molar-refractivity contribution in [2.45, 2.75) is 190 Å². The third-order valence-corrected chi connectivity index (χ3v) is 14.9. The van der Waals surface area contributed by atoms with Crippen molar-refractivity contribution in [3.63, 3.8) is 0 Å². The van der Waals surface area contributed by atoms with E-state index < -0.39 is 239 Å². The van der Waals surface area contributed by atoms with E-state index in [1.165, 1.54) is 0 Å². The highest BCUT2D eigenvalue weighted by Gasteiger charge is 2.62. The van der Waals surface area contributed by atoms with Crippen molar-refractivity contribution in [2.24, 2.45) is 5.73 Å². The fourth-order valence-corrected chi connectivity index (χ4v) is 10.7. The Morgan fingerprint density at radius 1 is 0.419 bits per heavy atom. The maximum absolute atomic E-state index is 12.2. The molecule has 6 heterocycles. The van der Waals surface area contributed by atoms with Crippen LogP contribution in [0, 0.1) is 0 Å². The van der Waals surface area contributed by atoms with E-state index in [4.69, 9.17) is 62.1 Å². The predicted octanol–water partition coefficient (Wildman–Crippen LogP) is -13.5. The lowest BCUT2D eigenvalue weighted by Gasteiger charge is -2.49. The molecule has 1 unspecified atom stereocenters. The molecule has 6 aliphatic heterocycles. The van der Waals surface area contributed by atoms with Crippen LogP contribution in [-0.4, -0.2) is 325 Å². The summed E-state index contributed by atoms with van der Waals surface area (Å²) >= 11 is 0. The van der Waals surface area contributed by atoms with Gasteiger partial charge in [0.15, 0.2) is 31.5 Å². The monoisotopic (exact) mass is 1130 g/mol. The zero-order chi connectivity index (χ0) is 54.6. The first-order chi connectivity index (χ1) is 34.6. The van der Waals surface area contributed by atoms with Gasteiger partial charge in [0.2, 0.25) is 0 Å². The molecule has 6 saturated heterocycles. The van der Waals surface area contributed by atoms with Crippen molar-refractivity contribution in [1.29, 1.82) is 0 Å². The van der Waals surface area contributed by atoms with E-state index in [2.05, 4.69) is 4.52 Å². The third-order valence-electron chi connectivity index (χ3n) is 13.4. The lowest BCUT2D eigenvalue weighted by atomic mass is 9.84. The van der Waals surface area contributed by atoms with Crippen LogP contribution < -0.4 is 5.73 Å². The molecular formula is C36H63NO35P2. The van der Waals surface area contributed by atoms with E-state index in [-0.39, 0.29) is 0 Å². The number of aliphatic hydroxyl groups excluding tert-OH is 17. The zero-order valence-corrected chi connectivity index (χ0v) is 39.8. The van der Waals surface area contributed by atoms with Gasteiger partial charge in [-0.25, -0.2) is 9.13 Å². The van der Waals surface area contributed by atoms with Gasteiger partial charge in [-0.05, 0) is 0 Å². The molecule has 432 valence electrons. The molecule has 1 aliphatic carbocycles. The number of phosphoric ester groups is 2. The average molecular weight is 1130 g/mol. The quantitative estimate of drug-likeness (QED) is 0.0601. The van der Waals surface area contributed by atoms with Crippen molar-refractivity contribution in [2.75, 3.05) is 33.0 Å². The number of ether oxygens (including phenoxy) is 10. The molecule has 1 saturated carbocycles. The fourth-order valence-electron chi connectivity index (χ4n) is 9.24. The standard InChI is InChI=1S/C36H63NO35P2/c37-11-16(45)26(8(3-40)64-32(11)68-27-22(51)19(48)23(52)28-31(27)72-74(58,59)71-28)67-34-25(54)18(47)14(43)9(65-34)4-60-35-29(20(49)13(42)7(2-39)63-35)70-36-30(21(50)15(44)10(66-36)5-61-73(55,56)57)69-33-24(53)17(46)12(41)6(1-38)62-33/h6-36,38-54H,1-5,37H2,(H,58,59)(H2,55,56,57)/t6-,7-,8-,9-,10-,11-,12-,13-,14-,15-,16-,17+,18+,19+,20+,21+,22+,23-,24+,25+,26-,27-,28-,29+,30+,31+,32+,33-,34-,35+,36-/m1/s1. The van der Waals surface area contributed by atoms with E-state index in [1.54, 1.807) is 0 Å². The van der Waals surface area contributed by atoms with Gasteiger partial charge in [0.05, 0.1) is 39.1 Å². The molecule has 36 nitrogen and oxygen atoms in total. The minimum Gasteiger partial charge on any atom is -0.394 e. The second-order valence-corrected chi connectivity index (χ2v) is 20.9. The van der Waals surface area contributed by atoms with E-state index >= 15 is 0 Å². The number of phosphoric acid groups is 2. The highest BCUT2D eigenvalue weighted by Crippen LogP contribution is 2.56. The minimum absolute atomic E-state index is 0.957. The summed E-state index contributed by atoms with van der Waals surface area (Å²) in [6.07, 6.45) is -59.8. The fraction of sp³-hybridized carbons (Fsp3) is 1.00. The first-order valence-electron chi connectivity index (χ1n) is 22.6. The van der Waals surface area contributed by atoms with Crippen LogP contribution in [0.15, 0.2) is 0 Å². The molecule has 0 amide bonds. The number of hydrogen-bond donors (Lipinski definition) is 21. The van der Waals surface area contributed by atoms with Crippen LogP contribution in [0.1, 0.15) is 0 Å². The topological polar surface area (TPSA) is 585 Å². The van der Waals surface area contributed by atoms with E-state index in [0.717, 1.165) is 0 Å². The number of rotatable bonds is 17. The normalized spacial score (nSPS) is 53.4. The van der Waals surface area contributed by atoms with Crippen LogP contribution in [0.2, 0.25) is 0 Å². The van der Waals surface area contributed by atoms with Crippen molar-refractivity contribution in [3.05, 3.63) is 0 Å². The van der Waals surface area contributed by atoms with Gasteiger partial charge in [0, 0.05) is 0 Å². The number of nitrogens with two attached hydrogens (primary N) is 1. The molecule has 0 aromatic heterocycles. The Bertz CT molecular complexity index is 1910. The van der Waals surface area contributed by atoms with Gasteiger partial charge in [0.25, 0.3) is 0 Å². The van der Waals surface area contributed by atoms with Crippen LogP contribution in [0.4, 0.5) is 0 Å². The average Bonchev–Trinajstić information content (AvgIpc) is 3.69. The van der Waals surface area contributed by atoms with Gasteiger partial charge >= 0.3 is 15.6 Å². The Balaban J connectivity index is 1.07. The summed E-state index contributed by atoms with van der Waals surface area (Å²) in [5, 5.41) is 182. The smallest absolute Gasteiger partial charge is 0.394 e. The second-order valence-electron chi connectivity index (χ2n) is 18.3. The van der Waals surface area contributed by atoms with Crippen molar-refractivity contribution >= 4 is 15.6 Å². The Hall–Kier alpha value is -0.900. The molecule has 22 N–H and O–H groups in total. The molecule has 0 bridgehead atoms. The van der Waals surface area contributed by atoms with Crippen molar-refractivity contribution < 1.29 is 172 Å². The lowest BCUT2D eigenvalue weighted by Crippen LogP contribution is -2.69. The van der Waals surface area contributed by atoms with Gasteiger partial charge in [-0.1, -0.05) is 0 Å². The van der Waals surface area contributed by atoms with Gasteiger partial charge in [-0.3, -0.25) is 13.6 Å². The predicted molar refractivity (Wildman–Crippen MR) is 220 cm³/mol. The van der Waals surface area contributed by atoms with Crippen LogP contribution >= 0.6 is 15.6 Å². The van der Waals surface area contributed by atoms with E-state index in [9.17, 15) is 111 Å². The van der Waals surface area contributed by atoms with Crippen LogP contribution in [-0.2, 0) is 70.1 Å². The van der Waals surface area contributed by atoms with Crippen LogP contribution in [0.3, 0.4) is 0 Å². The highest BCUT2D eigenvalue weighted by molar-refractivity contribution is 7.47. The Labute approximate surface area is 415 Å². The molecule has 7 aliphatic rings. The number of aliphatic hydroxyl groups is 17. The SMILES string of the molecule is N[C@H]1[C@H](O[C@@H]2[C@@H](O)[C@H](O)[C@@H](O)[C@H]3OP(=O)(O)O[C@H]32)O[C@H](CO)[C@@H](O[C@H]2O[C@H](CO[C@H]3O[C@H](CO)[C@@H](O)[C@H](O)[C@@H]3O[C@H]3O[C@H](COP(=O)(O)O)[C@@H](O)[C@H](O)[C@@H]3O[C@H]3O[C@H](CO)[C@@H](O)[C@H](O)[C@@H]3O)[C@@H](O)[C@H](O)[C@@H]2O)[C@@H]1O. The summed E-state index contributed by atoms with van der Waals surface area (Å²) in [5.41, 5.74) is 6.20. The molecule has 74 heavy (non-hydrogen) atoms. The molecule has 0 aromatic rings. The van der Waals surface area contributed by atoms with Gasteiger partial charge in [-0.15, -0.1) is 0 Å². The summed E-state index contributed by atoms with van der Waals surface area (Å²) in [7, 11) is -10.1.